The molecule has 9 fully saturated rings. The van der Waals surface area contributed by atoms with Crippen molar-refractivity contribution >= 4 is 0 Å². The van der Waals surface area contributed by atoms with Crippen molar-refractivity contribution in [2.45, 2.75) is 151 Å². The zero-order valence-electron chi connectivity index (χ0n) is 24.3. The molecule has 9 aliphatic carbocycles. The van der Waals surface area contributed by atoms with Crippen LogP contribution in [0.25, 0.3) is 0 Å². The van der Waals surface area contributed by atoms with Gasteiger partial charge in [0.05, 0.1) is 0 Å². The molecule has 0 aromatic rings. The van der Waals surface area contributed by atoms with Crippen molar-refractivity contribution in [2.24, 2.45) is 64.6 Å². The molecule has 0 radical (unpaired) electrons. The smallest absolute Gasteiger partial charge is 0.0318 e. The van der Waals surface area contributed by atoms with Crippen LogP contribution in [0.4, 0.5) is 0 Å². The molecule has 0 aromatic heterocycles. The highest BCUT2D eigenvalue weighted by Crippen LogP contribution is 2.59. The maximum Gasteiger partial charge on any atom is -0.0318 e. The van der Waals surface area contributed by atoms with E-state index in [-0.39, 0.29) is 0 Å². The monoisotopic (exact) mass is 470 g/mol. The van der Waals surface area contributed by atoms with Gasteiger partial charge in [0.2, 0.25) is 0 Å². The van der Waals surface area contributed by atoms with Crippen LogP contribution in [0.15, 0.2) is 0 Å². The lowest BCUT2D eigenvalue weighted by molar-refractivity contribution is -0.0411. The molecule has 9 aliphatic rings. The summed E-state index contributed by atoms with van der Waals surface area (Å²) in [6.45, 7) is 14.1. The molecular formula is C34H62. The molecule has 8 bridgehead atoms. The minimum absolute atomic E-state index is 0.800. The van der Waals surface area contributed by atoms with Crippen LogP contribution in [0.2, 0.25) is 0 Å². The fourth-order valence-electron chi connectivity index (χ4n) is 10.4. The summed E-state index contributed by atoms with van der Waals surface area (Å²) in [5.41, 5.74) is 0.800. The summed E-state index contributed by atoms with van der Waals surface area (Å²) in [6, 6.07) is 0. The predicted octanol–water partition coefficient (Wildman–Crippen LogP) is 10.9. The molecule has 0 heteroatoms. The van der Waals surface area contributed by atoms with Gasteiger partial charge in [0.1, 0.15) is 0 Å². The van der Waals surface area contributed by atoms with E-state index in [0.29, 0.717) is 0 Å². The van der Waals surface area contributed by atoms with Crippen molar-refractivity contribution in [2.75, 3.05) is 0 Å². The van der Waals surface area contributed by atoms with E-state index in [0.717, 1.165) is 64.6 Å². The van der Waals surface area contributed by atoms with E-state index in [4.69, 9.17) is 0 Å². The third-order valence-electron chi connectivity index (χ3n) is 11.6. The Labute approximate surface area is 215 Å². The Balaban J connectivity index is 0.000000113. The lowest BCUT2D eigenvalue weighted by atomic mass is 9.50. The van der Waals surface area contributed by atoms with Gasteiger partial charge in [-0.3, -0.25) is 0 Å². The molecule has 0 aliphatic heterocycles. The van der Waals surface area contributed by atoms with Gasteiger partial charge in [-0.1, -0.05) is 80.1 Å². The molecule has 0 nitrogen and oxygen atoms in total. The van der Waals surface area contributed by atoms with Gasteiger partial charge in [-0.05, 0) is 135 Å². The summed E-state index contributed by atoms with van der Waals surface area (Å²) in [5, 5.41) is 0. The highest BCUT2D eigenvalue weighted by atomic mass is 14.5. The van der Waals surface area contributed by atoms with Crippen LogP contribution in [-0.2, 0) is 0 Å². The van der Waals surface area contributed by atoms with Gasteiger partial charge in [-0.2, -0.15) is 0 Å². The van der Waals surface area contributed by atoms with Crippen molar-refractivity contribution in [1.82, 2.24) is 0 Å². The molecule has 198 valence electrons. The van der Waals surface area contributed by atoms with Gasteiger partial charge in [-0.15, -0.1) is 0 Å². The first kappa shape index (κ1) is 27.0. The molecule has 0 atom stereocenters. The molecule has 0 N–H and O–H groups in total. The molecule has 34 heavy (non-hydrogen) atoms. The fraction of sp³-hybridized carbons (Fsp3) is 1.00. The van der Waals surface area contributed by atoms with Crippen LogP contribution >= 0.6 is 0 Å². The van der Waals surface area contributed by atoms with Crippen LogP contribution in [0.3, 0.4) is 0 Å². The minimum atomic E-state index is 0.800. The Morgan fingerprint density at radius 3 is 1.32 bits per heavy atom. The summed E-state index contributed by atoms with van der Waals surface area (Å²) < 4.78 is 0. The topological polar surface area (TPSA) is 0 Å². The van der Waals surface area contributed by atoms with E-state index in [1.54, 1.807) is 70.6 Å². The molecule has 9 saturated carbocycles. The Morgan fingerprint density at radius 1 is 0.647 bits per heavy atom. The largest absolute Gasteiger partial charge is 0.0654 e. The molecule has 9 rings (SSSR count). The molecule has 0 spiro atoms. The van der Waals surface area contributed by atoms with Gasteiger partial charge >= 0.3 is 0 Å². The van der Waals surface area contributed by atoms with Gasteiger partial charge in [0, 0.05) is 0 Å². The van der Waals surface area contributed by atoms with Crippen LogP contribution in [0, 0.1) is 64.6 Å². The first-order valence-electron chi connectivity index (χ1n) is 16.2. The number of hydrogen-bond acceptors (Lipinski definition) is 0. The minimum Gasteiger partial charge on any atom is -0.0654 e. The van der Waals surface area contributed by atoms with Gasteiger partial charge in [-0.25, -0.2) is 0 Å². The van der Waals surface area contributed by atoms with Gasteiger partial charge in [0.15, 0.2) is 0 Å². The summed E-state index contributed by atoms with van der Waals surface area (Å²) in [7, 11) is 0. The molecule has 0 amide bonds. The SMILES string of the molecule is CC12CC3CC(CC(C3)C1)C2.CC1C2CC3CC(C2)CC1C3.CC1CCCC1.CCCC(C)C. The Kier molecular flexibility index (Phi) is 9.57. The lowest BCUT2D eigenvalue weighted by Crippen LogP contribution is -2.44. The average Bonchev–Trinajstić information content (AvgIpc) is 3.22. The van der Waals surface area contributed by atoms with E-state index in [1.165, 1.54) is 38.5 Å². The number of hydrogen-bond donors (Lipinski definition) is 0. The zero-order valence-corrected chi connectivity index (χ0v) is 24.3. The van der Waals surface area contributed by atoms with E-state index >= 15 is 0 Å². The lowest BCUT2D eigenvalue weighted by Gasteiger charge is -2.55. The summed E-state index contributed by atoms with van der Waals surface area (Å²) in [4.78, 5) is 0. The normalized spacial score (nSPS) is 45.3. The molecule has 0 saturated heterocycles. The van der Waals surface area contributed by atoms with Crippen molar-refractivity contribution in [1.29, 1.82) is 0 Å². The average molecular weight is 471 g/mol. The second-order valence-corrected chi connectivity index (χ2v) is 15.6. The maximum atomic E-state index is 2.54. The highest BCUT2D eigenvalue weighted by Gasteiger charge is 2.48. The second-order valence-electron chi connectivity index (χ2n) is 15.6. The first-order valence-corrected chi connectivity index (χ1v) is 16.2. The zero-order chi connectivity index (χ0) is 24.3. The summed E-state index contributed by atoms with van der Waals surface area (Å²) in [5.74, 6) is 11.1. The van der Waals surface area contributed by atoms with Crippen LogP contribution in [0.1, 0.15) is 151 Å². The third kappa shape index (κ3) is 7.28. The van der Waals surface area contributed by atoms with Crippen molar-refractivity contribution < 1.29 is 0 Å². The quantitative estimate of drug-likeness (QED) is 0.376. The van der Waals surface area contributed by atoms with E-state index < -0.39 is 0 Å². The van der Waals surface area contributed by atoms with Gasteiger partial charge in [0.25, 0.3) is 0 Å². The van der Waals surface area contributed by atoms with Crippen molar-refractivity contribution in [3.8, 4) is 0 Å². The maximum absolute atomic E-state index is 2.54. The van der Waals surface area contributed by atoms with Crippen molar-refractivity contribution in [3.05, 3.63) is 0 Å². The standard InChI is InChI=1S/2C11H18.C6H12.C6H14/c1-11-5-8-2-9(6-11)4-10(3-8)7-11;1-7-10-3-8-2-9(5-10)6-11(7)4-8;1-6-4-2-3-5-6;1-4-5-6(2)3/h8-10H,2-7H2,1H3;7-11H,2-6H2,1H3;6H,2-5H2,1H3;6H,4-5H2,1-3H3. The van der Waals surface area contributed by atoms with Crippen LogP contribution in [-0.4, -0.2) is 0 Å². The second kappa shape index (κ2) is 12.0. The molecular weight excluding hydrogens is 408 g/mol. The molecule has 0 unspecified atom stereocenters. The Hall–Kier alpha value is 0. The first-order chi connectivity index (χ1) is 16.2. The third-order valence-corrected chi connectivity index (χ3v) is 11.6. The fourth-order valence-corrected chi connectivity index (χ4v) is 10.4. The van der Waals surface area contributed by atoms with Crippen molar-refractivity contribution in [3.63, 3.8) is 0 Å². The van der Waals surface area contributed by atoms with E-state index in [2.05, 4.69) is 41.5 Å². The van der Waals surface area contributed by atoms with E-state index in [1.807, 2.05) is 0 Å². The summed E-state index contributed by atoms with van der Waals surface area (Å²) >= 11 is 0. The number of rotatable bonds is 2. The Morgan fingerprint density at radius 2 is 1.06 bits per heavy atom. The molecule has 0 aromatic carbocycles. The highest BCUT2D eigenvalue weighted by molar-refractivity contribution is 4.99. The Bertz CT molecular complexity index is 530. The molecule has 0 heterocycles. The van der Waals surface area contributed by atoms with Crippen LogP contribution < -0.4 is 0 Å². The van der Waals surface area contributed by atoms with E-state index in [9.17, 15) is 0 Å². The van der Waals surface area contributed by atoms with Gasteiger partial charge < -0.3 is 0 Å². The predicted molar refractivity (Wildman–Crippen MR) is 150 cm³/mol. The van der Waals surface area contributed by atoms with Crippen LogP contribution in [0.5, 0.6) is 0 Å². The summed E-state index contributed by atoms with van der Waals surface area (Å²) in [6.07, 6.45) is 26.1.